The number of fused-ring (bicyclic) bond motifs is 1. The summed E-state index contributed by atoms with van der Waals surface area (Å²) in [5.41, 5.74) is -0.454. The number of carbonyl (C=O) groups is 2. The summed E-state index contributed by atoms with van der Waals surface area (Å²) in [4.78, 5) is 26.7. The first-order chi connectivity index (χ1) is 11.5. The number of alkyl carbamates (subject to hydrolysis) is 1. The maximum atomic E-state index is 13.8. The lowest BCUT2D eigenvalue weighted by Gasteiger charge is -2.28. The first-order valence-electron chi connectivity index (χ1n) is 7.14. The molecule has 1 amide bonds. The molecule has 1 atom stereocenters. The Morgan fingerprint density at radius 1 is 1.25 bits per heavy atom. The van der Waals surface area contributed by atoms with Gasteiger partial charge in [-0.25, -0.2) is 14.0 Å². The van der Waals surface area contributed by atoms with Crippen LogP contribution >= 0.6 is 0 Å². The third-order valence-electron chi connectivity index (χ3n) is 3.80. The van der Waals surface area contributed by atoms with Crippen LogP contribution in [0.25, 0.3) is 10.9 Å². The van der Waals surface area contributed by atoms with E-state index in [-0.39, 0.29) is 6.42 Å². The molecule has 0 unspecified atom stereocenters. The second kappa shape index (κ2) is 7.20. The molecule has 0 aliphatic carbocycles. The van der Waals surface area contributed by atoms with Crippen LogP contribution in [-0.4, -0.2) is 50.6 Å². The van der Waals surface area contributed by atoms with Crippen molar-refractivity contribution in [3.8, 4) is 5.75 Å². The van der Waals surface area contributed by atoms with Crippen molar-refractivity contribution < 1.29 is 28.2 Å². The molecular formula is C16H19FN2O5. The number of alkyl halides is 1. The number of methoxy groups -OCH3 is 3. The Morgan fingerprint density at radius 3 is 2.58 bits per heavy atom. The Bertz CT molecular complexity index is 745. The van der Waals surface area contributed by atoms with Crippen molar-refractivity contribution in [1.29, 1.82) is 0 Å². The minimum Gasteiger partial charge on any atom is -0.497 e. The van der Waals surface area contributed by atoms with Crippen molar-refractivity contribution >= 4 is 23.0 Å². The summed E-state index contributed by atoms with van der Waals surface area (Å²) in [6.07, 6.45) is 0.616. The highest BCUT2D eigenvalue weighted by Crippen LogP contribution is 2.27. The van der Waals surface area contributed by atoms with Crippen LogP contribution in [0.4, 0.5) is 9.18 Å². The van der Waals surface area contributed by atoms with Crippen LogP contribution < -0.4 is 10.1 Å². The molecule has 2 rings (SSSR count). The van der Waals surface area contributed by atoms with Crippen molar-refractivity contribution in [3.05, 3.63) is 30.0 Å². The highest BCUT2D eigenvalue weighted by atomic mass is 19.1. The third kappa shape index (κ3) is 3.27. The smallest absolute Gasteiger partial charge is 0.407 e. The van der Waals surface area contributed by atoms with Gasteiger partial charge in [0.05, 0.1) is 21.3 Å². The summed E-state index contributed by atoms with van der Waals surface area (Å²) in [5, 5.41) is 3.01. The van der Waals surface area contributed by atoms with Gasteiger partial charge in [-0.05, 0) is 23.8 Å². The number of rotatable bonds is 6. The van der Waals surface area contributed by atoms with Gasteiger partial charge in [0.2, 0.25) is 0 Å². The van der Waals surface area contributed by atoms with Crippen molar-refractivity contribution in [2.45, 2.75) is 12.0 Å². The molecule has 8 heteroatoms. The van der Waals surface area contributed by atoms with Crippen LogP contribution in [0, 0.1) is 0 Å². The Labute approximate surface area is 138 Å². The standard InChI is InChI=1S/C16H19FN2O5/c1-22-11-4-5-13-12(6-11)10(8-18-13)7-16(9-17,14(20)23-2)19-15(21)24-3/h4-6,8,18H,7,9H2,1-3H3,(H,19,21)/t16-/m1/s1. The zero-order valence-corrected chi connectivity index (χ0v) is 13.6. The number of esters is 1. The molecule has 0 aliphatic rings. The number of amides is 1. The number of nitrogens with one attached hydrogen (secondary N) is 2. The van der Waals surface area contributed by atoms with Gasteiger partial charge in [-0.2, -0.15) is 0 Å². The van der Waals surface area contributed by atoms with Crippen molar-refractivity contribution in [3.63, 3.8) is 0 Å². The molecule has 7 nitrogen and oxygen atoms in total. The Kier molecular flexibility index (Phi) is 5.28. The number of halogens is 1. The van der Waals surface area contributed by atoms with Crippen molar-refractivity contribution in [2.75, 3.05) is 28.0 Å². The molecule has 0 saturated carbocycles. The van der Waals surface area contributed by atoms with E-state index < -0.39 is 24.3 Å². The average molecular weight is 338 g/mol. The first kappa shape index (κ1) is 17.6. The zero-order valence-electron chi connectivity index (χ0n) is 13.6. The zero-order chi connectivity index (χ0) is 17.7. The molecule has 0 spiro atoms. The van der Waals surface area contributed by atoms with E-state index in [1.54, 1.807) is 24.4 Å². The summed E-state index contributed by atoms with van der Waals surface area (Å²) in [5.74, 6) is -0.277. The van der Waals surface area contributed by atoms with Gasteiger partial charge in [0, 0.05) is 23.5 Å². The number of aromatic nitrogens is 1. The van der Waals surface area contributed by atoms with Crippen LogP contribution in [0.15, 0.2) is 24.4 Å². The molecule has 24 heavy (non-hydrogen) atoms. The maximum Gasteiger partial charge on any atom is 0.407 e. The van der Waals surface area contributed by atoms with Gasteiger partial charge in [0.25, 0.3) is 0 Å². The lowest BCUT2D eigenvalue weighted by Crippen LogP contribution is -2.58. The number of hydrogen-bond donors (Lipinski definition) is 2. The van der Waals surface area contributed by atoms with E-state index >= 15 is 0 Å². The number of hydrogen-bond acceptors (Lipinski definition) is 5. The number of aromatic amines is 1. The fourth-order valence-corrected chi connectivity index (χ4v) is 2.50. The number of H-pyrrole nitrogens is 1. The van der Waals surface area contributed by atoms with Crippen LogP contribution in [0.3, 0.4) is 0 Å². The van der Waals surface area contributed by atoms with E-state index in [0.717, 1.165) is 25.1 Å². The number of carbonyl (C=O) groups excluding carboxylic acids is 2. The average Bonchev–Trinajstić information content (AvgIpc) is 3.01. The van der Waals surface area contributed by atoms with E-state index in [1.807, 2.05) is 0 Å². The van der Waals surface area contributed by atoms with E-state index in [4.69, 9.17) is 4.74 Å². The monoisotopic (exact) mass is 338 g/mol. The van der Waals surface area contributed by atoms with Gasteiger partial charge in [-0.3, -0.25) is 0 Å². The predicted molar refractivity (Wildman–Crippen MR) is 84.8 cm³/mol. The normalized spacial score (nSPS) is 13.2. The second-order valence-corrected chi connectivity index (χ2v) is 5.23. The molecule has 2 N–H and O–H groups in total. The van der Waals surface area contributed by atoms with Gasteiger partial charge in [0.1, 0.15) is 12.4 Å². The van der Waals surface area contributed by atoms with E-state index in [9.17, 15) is 14.0 Å². The number of benzene rings is 1. The van der Waals surface area contributed by atoms with Crippen LogP contribution in [0.5, 0.6) is 5.75 Å². The minimum atomic E-state index is -1.87. The molecule has 0 radical (unpaired) electrons. The topological polar surface area (TPSA) is 89.6 Å². The van der Waals surface area contributed by atoms with Gasteiger partial charge in [-0.1, -0.05) is 0 Å². The molecule has 1 heterocycles. The van der Waals surface area contributed by atoms with E-state index in [1.165, 1.54) is 7.11 Å². The summed E-state index contributed by atoms with van der Waals surface area (Å²) < 4.78 is 28.1. The fourth-order valence-electron chi connectivity index (χ4n) is 2.50. The van der Waals surface area contributed by atoms with Gasteiger partial charge < -0.3 is 24.5 Å². The molecule has 0 saturated heterocycles. The molecule has 0 aliphatic heterocycles. The molecular weight excluding hydrogens is 319 g/mol. The van der Waals surface area contributed by atoms with Crippen LogP contribution in [0.1, 0.15) is 5.56 Å². The minimum absolute atomic E-state index is 0.113. The SMILES string of the molecule is COC(=O)N[C@@](CF)(Cc1c[nH]c2ccc(OC)cc12)C(=O)OC. The summed E-state index contributed by atoms with van der Waals surface area (Å²) in [6, 6.07) is 5.35. The van der Waals surface area contributed by atoms with Crippen LogP contribution in [0.2, 0.25) is 0 Å². The third-order valence-corrected chi connectivity index (χ3v) is 3.80. The summed E-state index contributed by atoms with van der Waals surface area (Å²) in [7, 11) is 3.79. The fraction of sp³-hybridized carbons (Fsp3) is 0.375. The summed E-state index contributed by atoms with van der Waals surface area (Å²) >= 11 is 0. The molecule has 130 valence electrons. The Hall–Kier alpha value is -2.77. The first-order valence-corrected chi connectivity index (χ1v) is 7.14. The molecule has 1 aromatic heterocycles. The maximum absolute atomic E-state index is 13.8. The largest absolute Gasteiger partial charge is 0.497 e. The predicted octanol–water partition coefficient (Wildman–Crippen LogP) is 1.96. The van der Waals surface area contributed by atoms with Crippen molar-refractivity contribution in [1.82, 2.24) is 10.3 Å². The quantitative estimate of drug-likeness (QED) is 0.786. The summed E-state index contributed by atoms with van der Waals surface area (Å²) in [6.45, 7) is -1.15. The van der Waals surface area contributed by atoms with Gasteiger partial charge in [0.15, 0.2) is 5.54 Å². The lowest BCUT2D eigenvalue weighted by atomic mass is 9.91. The van der Waals surface area contributed by atoms with E-state index in [2.05, 4.69) is 19.8 Å². The molecule has 0 fully saturated rings. The Balaban J connectivity index is 2.45. The van der Waals surface area contributed by atoms with Gasteiger partial charge in [-0.15, -0.1) is 0 Å². The second-order valence-electron chi connectivity index (χ2n) is 5.23. The lowest BCUT2D eigenvalue weighted by molar-refractivity contribution is -0.149. The molecule has 0 bridgehead atoms. The molecule has 2 aromatic rings. The van der Waals surface area contributed by atoms with Gasteiger partial charge >= 0.3 is 12.1 Å². The van der Waals surface area contributed by atoms with Crippen LogP contribution in [-0.2, 0) is 20.7 Å². The number of ether oxygens (including phenoxy) is 3. The highest BCUT2D eigenvalue weighted by Gasteiger charge is 2.42. The van der Waals surface area contributed by atoms with Crippen molar-refractivity contribution in [2.24, 2.45) is 0 Å². The van der Waals surface area contributed by atoms with E-state index in [0.29, 0.717) is 11.3 Å². The molecule has 1 aromatic carbocycles. The Morgan fingerprint density at radius 2 is 2.00 bits per heavy atom. The highest BCUT2D eigenvalue weighted by molar-refractivity contribution is 5.89.